The maximum Gasteiger partial charge on any atom is 0.258 e. The lowest BCUT2D eigenvalue weighted by molar-refractivity contribution is -0.124. The molecule has 0 saturated heterocycles. The first-order valence-electron chi connectivity index (χ1n) is 10.1. The minimum Gasteiger partial charge on any atom is -0.490 e. The summed E-state index contributed by atoms with van der Waals surface area (Å²) in [5.41, 5.74) is 1.47. The molecule has 2 aromatic rings. The molecule has 0 bridgehead atoms. The van der Waals surface area contributed by atoms with E-state index in [0.29, 0.717) is 30.4 Å². The van der Waals surface area contributed by atoms with Crippen LogP contribution in [0.5, 0.6) is 17.2 Å². The van der Waals surface area contributed by atoms with Gasteiger partial charge in [-0.15, -0.1) is 0 Å². The highest BCUT2D eigenvalue weighted by Crippen LogP contribution is 2.34. The number of amides is 2. The van der Waals surface area contributed by atoms with Gasteiger partial charge in [-0.1, -0.05) is 32.0 Å². The van der Waals surface area contributed by atoms with Gasteiger partial charge in [0.1, 0.15) is 5.75 Å². The molecule has 2 N–H and O–H groups in total. The lowest BCUT2D eigenvalue weighted by atomic mass is 9.95. The minimum absolute atomic E-state index is 0.158. The second-order valence-corrected chi connectivity index (χ2v) is 7.51. The zero-order valence-electron chi connectivity index (χ0n) is 17.6. The molecule has 30 heavy (non-hydrogen) atoms. The van der Waals surface area contributed by atoms with Crippen LogP contribution in [-0.4, -0.2) is 31.6 Å². The van der Waals surface area contributed by atoms with Crippen molar-refractivity contribution in [2.75, 3.05) is 25.1 Å². The number of carbonyl (C=O) groups excluding carboxylic acids is 2. The molecule has 1 aliphatic heterocycles. The van der Waals surface area contributed by atoms with Crippen molar-refractivity contribution in [3.8, 4) is 17.2 Å². The molecule has 1 aliphatic rings. The summed E-state index contributed by atoms with van der Waals surface area (Å²) in [5, 5.41) is 5.73. The summed E-state index contributed by atoms with van der Waals surface area (Å²) in [5.74, 6) is 1.57. The number of fused-ring (bicyclic) bond motifs is 1. The molecule has 2 amide bonds. The normalized spacial score (nSPS) is 13.9. The van der Waals surface area contributed by atoms with E-state index in [9.17, 15) is 9.59 Å². The number of hydrogen-bond donors (Lipinski definition) is 2. The van der Waals surface area contributed by atoms with Crippen LogP contribution in [0, 0.1) is 5.92 Å². The third-order valence-electron chi connectivity index (χ3n) is 4.67. The number of para-hydroxylation sites is 2. The third-order valence-corrected chi connectivity index (χ3v) is 4.67. The molecule has 1 atom stereocenters. The van der Waals surface area contributed by atoms with Crippen LogP contribution in [0.2, 0.25) is 0 Å². The van der Waals surface area contributed by atoms with Crippen LogP contribution in [0.1, 0.15) is 38.8 Å². The van der Waals surface area contributed by atoms with Crippen molar-refractivity contribution in [3.63, 3.8) is 0 Å². The molecule has 0 aromatic heterocycles. The Bertz CT molecular complexity index is 897. The van der Waals surface area contributed by atoms with Crippen molar-refractivity contribution < 1.29 is 23.8 Å². The molecule has 160 valence electrons. The zero-order valence-corrected chi connectivity index (χ0v) is 17.6. The Morgan fingerprint density at radius 3 is 2.53 bits per heavy atom. The van der Waals surface area contributed by atoms with Crippen molar-refractivity contribution in [1.82, 2.24) is 5.32 Å². The molecule has 0 saturated carbocycles. The van der Waals surface area contributed by atoms with Crippen molar-refractivity contribution in [3.05, 3.63) is 48.0 Å². The fourth-order valence-corrected chi connectivity index (χ4v) is 3.25. The minimum atomic E-state index is -0.251. The van der Waals surface area contributed by atoms with Crippen molar-refractivity contribution in [1.29, 1.82) is 0 Å². The number of anilines is 1. The van der Waals surface area contributed by atoms with Crippen molar-refractivity contribution in [2.45, 2.75) is 33.2 Å². The maximum atomic E-state index is 12.6. The molecule has 0 spiro atoms. The summed E-state index contributed by atoms with van der Waals surface area (Å²) in [6.45, 7) is 6.59. The van der Waals surface area contributed by atoms with Crippen LogP contribution in [0.25, 0.3) is 0 Å². The molecule has 0 aliphatic carbocycles. The van der Waals surface area contributed by atoms with Gasteiger partial charge in [0, 0.05) is 13.3 Å². The fraction of sp³-hybridized carbons (Fsp3) is 0.391. The standard InChI is InChI=1S/C23H28N2O5/c1-15(2)23(17-9-10-20-21(13-17)29-12-6-11-28-20)25-22(27)14-30-19-8-5-4-7-18(19)24-16(3)26/h4-5,7-10,13,15,23H,6,11-12,14H2,1-3H3,(H,24,26)(H,25,27)/t23-/m0/s1. The molecule has 0 fully saturated rings. The SMILES string of the molecule is CC(=O)Nc1ccccc1OCC(=O)N[C@H](c1ccc2c(c1)OCCCO2)C(C)C. The highest BCUT2D eigenvalue weighted by atomic mass is 16.5. The van der Waals surface area contributed by atoms with Crippen LogP contribution < -0.4 is 24.8 Å². The fourth-order valence-electron chi connectivity index (χ4n) is 3.25. The molecule has 7 heteroatoms. The van der Waals surface area contributed by atoms with Crippen LogP contribution in [-0.2, 0) is 9.59 Å². The maximum absolute atomic E-state index is 12.6. The van der Waals surface area contributed by atoms with Crippen molar-refractivity contribution in [2.24, 2.45) is 5.92 Å². The van der Waals surface area contributed by atoms with Crippen LogP contribution >= 0.6 is 0 Å². The first-order valence-corrected chi connectivity index (χ1v) is 10.1. The Morgan fingerprint density at radius 2 is 1.80 bits per heavy atom. The van der Waals surface area contributed by atoms with Crippen LogP contribution in [0.4, 0.5) is 5.69 Å². The van der Waals surface area contributed by atoms with E-state index in [1.54, 1.807) is 24.3 Å². The Balaban J connectivity index is 1.67. The molecule has 2 aromatic carbocycles. The van der Waals surface area contributed by atoms with Gasteiger partial charge in [-0.3, -0.25) is 9.59 Å². The Kier molecular flexibility index (Phi) is 7.17. The number of benzene rings is 2. The zero-order chi connectivity index (χ0) is 21.5. The quantitative estimate of drug-likeness (QED) is 0.724. The summed E-state index contributed by atoms with van der Waals surface area (Å²) in [4.78, 5) is 23.9. The van der Waals surface area contributed by atoms with E-state index in [4.69, 9.17) is 14.2 Å². The van der Waals surface area contributed by atoms with Gasteiger partial charge in [-0.25, -0.2) is 0 Å². The number of nitrogens with one attached hydrogen (secondary N) is 2. The smallest absolute Gasteiger partial charge is 0.258 e. The van der Waals surface area contributed by atoms with E-state index in [1.165, 1.54) is 6.92 Å². The summed E-state index contributed by atoms with van der Waals surface area (Å²) in [6.07, 6.45) is 0.839. The van der Waals surface area contributed by atoms with Gasteiger partial charge in [0.25, 0.3) is 5.91 Å². The number of carbonyl (C=O) groups is 2. The summed E-state index contributed by atoms with van der Waals surface area (Å²) in [6, 6.07) is 12.6. The Morgan fingerprint density at radius 1 is 1.07 bits per heavy atom. The third kappa shape index (κ3) is 5.65. The molecule has 7 nitrogen and oxygen atoms in total. The van der Waals surface area contributed by atoms with Crippen molar-refractivity contribution >= 4 is 17.5 Å². The molecular formula is C23H28N2O5. The average Bonchev–Trinajstić information content (AvgIpc) is 2.95. The second-order valence-electron chi connectivity index (χ2n) is 7.51. The highest BCUT2D eigenvalue weighted by Gasteiger charge is 2.21. The first kappa shape index (κ1) is 21.5. The summed E-state index contributed by atoms with van der Waals surface area (Å²) < 4.78 is 17.1. The number of hydrogen-bond acceptors (Lipinski definition) is 5. The number of rotatable bonds is 7. The summed E-state index contributed by atoms with van der Waals surface area (Å²) >= 11 is 0. The van der Waals surface area contributed by atoms with E-state index in [-0.39, 0.29) is 30.4 Å². The van der Waals surface area contributed by atoms with Gasteiger partial charge < -0.3 is 24.8 Å². The highest BCUT2D eigenvalue weighted by molar-refractivity contribution is 5.90. The first-order chi connectivity index (χ1) is 14.4. The predicted molar refractivity (Wildman–Crippen MR) is 114 cm³/mol. The van der Waals surface area contributed by atoms with Gasteiger partial charge in [0.05, 0.1) is 24.9 Å². The topological polar surface area (TPSA) is 85.9 Å². The lowest BCUT2D eigenvalue weighted by Gasteiger charge is -2.24. The molecule has 3 rings (SSSR count). The lowest BCUT2D eigenvalue weighted by Crippen LogP contribution is -2.35. The van der Waals surface area contributed by atoms with Gasteiger partial charge >= 0.3 is 0 Å². The molecular weight excluding hydrogens is 384 g/mol. The van der Waals surface area contributed by atoms with E-state index < -0.39 is 0 Å². The Hall–Kier alpha value is -3.22. The second kappa shape index (κ2) is 10.0. The molecule has 0 unspecified atom stereocenters. The van der Waals surface area contributed by atoms with E-state index in [0.717, 1.165) is 17.7 Å². The molecule has 1 heterocycles. The predicted octanol–water partition coefficient (Wildman–Crippen LogP) is 3.70. The Labute approximate surface area is 176 Å². The average molecular weight is 412 g/mol. The van der Waals surface area contributed by atoms with Gasteiger partial charge in [0.15, 0.2) is 18.1 Å². The summed E-state index contributed by atoms with van der Waals surface area (Å²) in [7, 11) is 0. The van der Waals surface area contributed by atoms with Crippen LogP contribution in [0.15, 0.2) is 42.5 Å². The van der Waals surface area contributed by atoms with Gasteiger partial charge in [-0.2, -0.15) is 0 Å². The van der Waals surface area contributed by atoms with E-state index in [1.807, 2.05) is 32.0 Å². The van der Waals surface area contributed by atoms with Gasteiger partial charge in [-0.05, 0) is 35.7 Å². The number of ether oxygens (including phenoxy) is 3. The van der Waals surface area contributed by atoms with Gasteiger partial charge in [0.2, 0.25) is 5.91 Å². The molecule has 0 radical (unpaired) electrons. The largest absolute Gasteiger partial charge is 0.490 e. The monoisotopic (exact) mass is 412 g/mol. The van der Waals surface area contributed by atoms with Crippen LogP contribution in [0.3, 0.4) is 0 Å². The van der Waals surface area contributed by atoms with E-state index >= 15 is 0 Å². The van der Waals surface area contributed by atoms with E-state index in [2.05, 4.69) is 10.6 Å².